The molecule has 0 spiro atoms. The van der Waals surface area contributed by atoms with Gasteiger partial charge in [-0.2, -0.15) is 0 Å². The molecule has 2 N–H and O–H groups in total. The van der Waals surface area contributed by atoms with Gasteiger partial charge < -0.3 is 15.5 Å². The van der Waals surface area contributed by atoms with Crippen LogP contribution < -0.4 is 10.6 Å². The molecule has 142 valence electrons. The first-order valence-corrected chi connectivity index (χ1v) is 9.62. The zero-order chi connectivity index (χ0) is 19.1. The van der Waals surface area contributed by atoms with Gasteiger partial charge in [0.15, 0.2) is 5.96 Å². The maximum atomic E-state index is 11.1. The van der Waals surface area contributed by atoms with E-state index in [0.29, 0.717) is 0 Å². The number of rotatable bonds is 5. The van der Waals surface area contributed by atoms with Gasteiger partial charge >= 0.3 is 0 Å². The maximum Gasteiger partial charge on any atom is 0.221 e. The van der Waals surface area contributed by atoms with Crippen LogP contribution >= 0.6 is 0 Å². The van der Waals surface area contributed by atoms with Crippen molar-refractivity contribution in [1.82, 2.24) is 10.2 Å². The molecule has 0 aromatic heterocycles. The number of carbonyl (C=O) groups is 1. The third-order valence-corrected chi connectivity index (χ3v) is 4.70. The molecule has 1 aliphatic rings. The van der Waals surface area contributed by atoms with Gasteiger partial charge in [0.1, 0.15) is 0 Å². The zero-order valence-electron chi connectivity index (χ0n) is 16.2. The monoisotopic (exact) mass is 364 g/mol. The van der Waals surface area contributed by atoms with Crippen LogP contribution in [0.1, 0.15) is 30.5 Å². The number of amides is 1. The minimum atomic E-state index is -0.0502. The highest BCUT2D eigenvalue weighted by atomic mass is 16.1. The van der Waals surface area contributed by atoms with Crippen LogP contribution in [0.3, 0.4) is 0 Å². The minimum absolute atomic E-state index is 0.0502. The summed E-state index contributed by atoms with van der Waals surface area (Å²) in [5.41, 5.74) is 4.88. The lowest BCUT2D eigenvalue weighted by atomic mass is 10.0. The second kappa shape index (κ2) is 9.21. The van der Waals surface area contributed by atoms with Crippen LogP contribution in [0.5, 0.6) is 0 Å². The third-order valence-electron chi connectivity index (χ3n) is 4.70. The summed E-state index contributed by atoms with van der Waals surface area (Å²) >= 11 is 0. The summed E-state index contributed by atoms with van der Waals surface area (Å²) in [6.07, 6.45) is 1.94. The lowest BCUT2D eigenvalue weighted by Crippen LogP contribution is -2.44. The fourth-order valence-electron chi connectivity index (χ4n) is 3.35. The van der Waals surface area contributed by atoms with Crippen LogP contribution in [-0.2, 0) is 24.2 Å². The number of nitrogens with one attached hydrogen (secondary N) is 2. The van der Waals surface area contributed by atoms with E-state index in [1.165, 1.54) is 23.6 Å². The topological polar surface area (TPSA) is 56.7 Å². The van der Waals surface area contributed by atoms with Crippen molar-refractivity contribution in [2.75, 3.05) is 25.0 Å². The van der Waals surface area contributed by atoms with Crippen LogP contribution in [0.4, 0.5) is 5.69 Å². The van der Waals surface area contributed by atoms with E-state index in [1.807, 2.05) is 24.3 Å². The molecule has 0 fully saturated rings. The smallest absolute Gasteiger partial charge is 0.221 e. The van der Waals surface area contributed by atoms with E-state index < -0.39 is 0 Å². The molecule has 2 aromatic rings. The summed E-state index contributed by atoms with van der Waals surface area (Å²) in [4.78, 5) is 18.3. The van der Waals surface area contributed by atoms with Crippen LogP contribution in [0, 0.1) is 0 Å². The quantitative estimate of drug-likeness (QED) is 0.633. The number of hydrogen-bond acceptors (Lipinski definition) is 2. The van der Waals surface area contributed by atoms with Crippen molar-refractivity contribution in [3.05, 3.63) is 65.2 Å². The fraction of sp³-hybridized carbons (Fsp3) is 0.364. The fourth-order valence-corrected chi connectivity index (χ4v) is 3.35. The van der Waals surface area contributed by atoms with Gasteiger partial charge in [0, 0.05) is 38.8 Å². The van der Waals surface area contributed by atoms with Gasteiger partial charge in [0.2, 0.25) is 5.91 Å². The molecular formula is C22H28N4O. The molecule has 0 saturated carbocycles. The third kappa shape index (κ3) is 5.33. The summed E-state index contributed by atoms with van der Waals surface area (Å²) in [5.74, 6) is 0.938. The Morgan fingerprint density at radius 2 is 1.85 bits per heavy atom. The predicted molar refractivity (Wildman–Crippen MR) is 111 cm³/mol. The lowest BCUT2D eigenvalue weighted by Gasteiger charge is -2.31. The highest BCUT2D eigenvalue weighted by Gasteiger charge is 2.18. The summed E-state index contributed by atoms with van der Waals surface area (Å²) in [7, 11) is 0. The van der Waals surface area contributed by atoms with E-state index in [2.05, 4.69) is 46.7 Å². The molecule has 0 bridgehead atoms. The second-order valence-electron chi connectivity index (χ2n) is 6.80. The molecule has 5 heteroatoms. The number of hydrogen-bond donors (Lipinski definition) is 2. The number of nitrogens with zero attached hydrogens (tertiary/aromatic N) is 2. The van der Waals surface area contributed by atoms with E-state index in [-0.39, 0.29) is 5.91 Å². The Kier molecular flexibility index (Phi) is 6.47. The van der Waals surface area contributed by atoms with Crippen LogP contribution in [-0.4, -0.2) is 36.4 Å². The molecule has 0 atom stereocenters. The Morgan fingerprint density at radius 1 is 1.11 bits per heavy atom. The van der Waals surface area contributed by atoms with E-state index >= 15 is 0 Å². The maximum absolute atomic E-state index is 11.1. The highest BCUT2D eigenvalue weighted by Crippen LogP contribution is 2.18. The number of aliphatic imine (C=N–C) groups is 1. The Hall–Kier alpha value is -2.82. The van der Waals surface area contributed by atoms with Crippen molar-refractivity contribution >= 4 is 17.6 Å². The summed E-state index contributed by atoms with van der Waals surface area (Å²) in [6, 6.07) is 16.6. The number of fused-ring (bicyclic) bond motifs is 1. The first kappa shape index (κ1) is 19.0. The molecule has 0 unspecified atom stereocenters. The predicted octanol–water partition coefficient (Wildman–Crippen LogP) is 3.21. The lowest BCUT2D eigenvalue weighted by molar-refractivity contribution is -0.114. The van der Waals surface area contributed by atoms with Crippen molar-refractivity contribution in [1.29, 1.82) is 0 Å². The molecule has 2 aromatic carbocycles. The molecule has 0 saturated heterocycles. The number of guanidine groups is 1. The first-order valence-electron chi connectivity index (χ1n) is 9.62. The molecular weight excluding hydrogens is 336 g/mol. The van der Waals surface area contributed by atoms with Crippen molar-refractivity contribution in [2.24, 2.45) is 4.99 Å². The highest BCUT2D eigenvalue weighted by molar-refractivity contribution is 5.88. The summed E-state index contributed by atoms with van der Waals surface area (Å²) < 4.78 is 0. The standard InChI is InChI=1S/C22H28N4O/c1-3-23-22(26-15-13-19-6-4-5-7-20(19)16-26)24-14-12-18-8-10-21(11-9-18)25-17(2)27/h4-11H,3,12-16H2,1-2H3,(H,23,24)(H,25,27). The Morgan fingerprint density at radius 3 is 2.56 bits per heavy atom. The Labute approximate surface area is 161 Å². The van der Waals surface area contributed by atoms with Gasteiger partial charge in [-0.15, -0.1) is 0 Å². The minimum Gasteiger partial charge on any atom is -0.357 e. The Balaban J connectivity index is 1.60. The summed E-state index contributed by atoms with van der Waals surface area (Å²) in [6.45, 7) is 7.13. The molecule has 27 heavy (non-hydrogen) atoms. The van der Waals surface area contributed by atoms with Gasteiger partial charge in [-0.05, 0) is 48.6 Å². The molecule has 1 heterocycles. The van der Waals surface area contributed by atoms with Gasteiger partial charge in [0.05, 0.1) is 0 Å². The number of benzene rings is 2. The number of carbonyl (C=O) groups excluding carboxylic acids is 1. The van der Waals surface area contributed by atoms with E-state index in [9.17, 15) is 4.79 Å². The van der Waals surface area contributed by atoms with Crippen molar-refractivity contribution in [2.45, 2.75) is 33.2 Å². The van der Waals surface area contributed by atoms with E-state index in [4.69, 9.17) is 4.99 Å². The van der Waals surface area contributed by atoms with Gasteiger partial charge in [-0.1, -0.05) is 36.4 Å². The molecule has 3 rings (SSSR count). The SMILES string of the molecule is CCNC(=NCCc1ccc(NC(C)=O)cc1)N1CCc2ccccc2C1. The van der Waals surface area contributed by atoms with E-state index in [0.717, 1.165) is 50.7 Å². The molecule has 5 nitrogen and oxygen atoms in total. The van der Waals surface area contributed by atoms with Gasteiger partial charge in [-0.3, -0.25) is 9.79 Å². The number of anilines is 1. The first-order chi connectivity index (χ1) is 13.2. The van der Waals surface area contributed by atoms with Crippen molar-refractivity contribution < 1.29 is 4.79 Å². The molecule has 0 aliphatic carbocycles. The van der Waals surface area contributed by atoms with Crippen molar-refractivity contribution in [3.8, 4) is 0 Å². The molecule has 0 radical (unpaired) electrons. The Bertz CT molecular complexity index is 798. The van der Waals surface area contributed by atoms with Gasteiger partial charge in [0.25, 0.3) is 0 Å². The largest absolute Gasteiger partial charge is 0.357 e. The molecule has 1 amide bonds. The van der Waals surface area contributed by atoms with E-state index in [1.54, 1.807) is 0 Å². The van der Waals surface area contributed by atoms with Crippen LogP contribution in [0.25, 0.3) is 0 Å². The van der Waals surface area contributed by atoms with Crippen molar-refractivity contribution in [3.63, 3.8) is 0 Å². The van der Waals surface area contributed by atoms with Gasteiger partial charge in [-0.25, -0.2) is 0 Å². The zero-order valence-corrected chi connectivity index (χ0v) is 16.2. The summed E-state index contributed by atoms with van der Waals surface area (Å²) in [5, 5.41) is 6.22. The van der Waals surface area contributed by atoms with Crippen LogP contribution in [0.2, 0.25) is 0 Å². The molecule has 1 aliphatic heterocycles. The van der Waals surface area contributed by atoms with Crippen LogP contribution in [0.15, 0.2) is 53.5 Å². The average molecular weight is 364 g/mol. The second-order valence-corrected chi connectivity index (χ2v) is 6.80. The average Bonchev–Trinajstić information content (AvgIpc) is 2.68. The normalized spacial score (nSPS) is 13.9.